The molecule has 0 saturated heterocycles. The van der Waals surface area contributed by atoms with Crippen molar-refractivity contribution in [2.45, 2.75) is 103 Å². The Morgan fingerprint density at radius 2 is 1.49 bits per heavy atom. The van der Waals surface area contributed by atoms with Crippen LogP contribution in [-0.4, -0.2) is 21.0 Å². The molecule has 0 radical (unpaired) electrons. The number of hydrogen-bond donors (Lipinski definition) is 0. The van der Waals surface area contributed by atoms with Gasteiger partial charge in [-0.25, -0.2) is 4.98 Å². The SMILES string of the molecule is CCCC[C@@H](c1c(-c2ccccc2)nc(-c2ccccc2)n1CCCC)N(Cc1cccc(C(F)(F)F)c1)CC1CCCCC1. The Bertz CT molecular complexity index is 1460. The van der Waals surface area contributed by atoms with Crippen molar-refractivity contribution in [1.82, 2.24) is 14.5 Å². The summed E-state index contributed by atoms with van der Waals surface area (Å²) in [6.45, 7) is 6.63. The second kappa shape index (κ2) is 15.8. The molecule has 1 atom stereocenters. The van der Waals surface area contributed by atoms with E-state index < -0.39 is 11.7 Å². The zero-order chi connectivity index (χ0) is 31.6. The molecule has 5 rings (SSSR count). The van der Waals surface area contributed by atoms with Crippen LogP contribution in [-0.2, 0) is 19.3 Å². The highest BCUT2D eigenvalue weighted by Gasteiger charge is 2.33. The first-order valence-corrected chi connectivity index (χ1v) is 17.0. The fourth-order valence-corrected chi connectivity index (χ4v) is 6.94. The number of rotatable bonds is 14. The summed E-state index contributed by atoms with van der Waals surface area (Å²) in [5.74, 6) is 1.51. The first-order valence-electron chi connectivity index (χ1n) is 17.0. The average Bonchev–Trinajstić information content (AvgIpc) is 3.44. The Morgan fingerprint density at radius 1 is 0.822 bits per heavy atom. The minimum Gasteiger partial charge on any atom is -0.326 e. The van der Waals surface area contributed by atoms with Crippen LogP contribution in [0.2, 0.25) is 0 Å². The van der Waals surface area contributed by atoms with Gasteiger partial charge < -0.3 is 4.57 Å². The molecule has 1 fully saturated rings. The van der Waals surface area contributed by atoms with Crippen LogP contribution in [0.4, 0.5) is 13.2 Å². The summed E-state index contributed by atoms with van der Waals surface area (Å²) in [6, 6.07) is 26.8. The quantitative estimate of drug-likeness (QED) is 0.141. The Balaban J connectivity index is 1.69. The molecular weight excluding hydrogens is 567 g/mol. The van der Waals surface area contributed by atoms with Crippen LogP contribution >= 0.6 is 0 Å². The minimum atomic E-state index is -4.37. The number of nitrogens with zero attached hydrogens (tertiary/aromatic N) is 3. The van der Waals surface area contributed by atoms with Crippen molar-refractivity contribution in [3.63, 3.8) is 0 Å². The third-order valence-corrected chi connectivity index (χ3v) is 9.27. The van der Waals surface area contributed by atoms with E-state index >= 15 is 0 Å². The molecule has 0 spiro atoms. The van der Waals surface area contributed by atoms with E-state index in [-0.39, 0.29) is 6.04 Å². The van der Waals surface area contributed by atoms with Gasteiger partial charge in [-0.05, 0) is 43.2 Å². The second-order valence-electron chi connectivity index (χ2n) is 12.7. The maximum absolute atomic E-state index is 13.8. The summed E-state index contributed by atoms with van der Waals surface area (Å²) in [5.41, 5.74) is 4.49. The smallest absolute Gasteiger partial charge is 0.326 e. The molecule has 0 aliphatic heterocycles. The fourth-order valence-electron chi connectivity index (χ4n) is 6.94. The lowest BCUT2D eigenvalue weighted by molar-refractivity contribution is -0.137. The topological polar surface area (TPSA) is 21.1 Å². The Labute approximate surface area is 267 Å². The van der Waals surface area contributed by atoms with Crippen molar-refractivity contribution < 1.29 is 13.2 Å². The normalized spacial score (nSPS) is 15.1. The Kier molecular flexibility index (Phi) is 11.6. The summed E-state index contributed by atoms with van der Waals surface area (Å²) in [7, 11) is 0. The van der Waals surface area contributed by atoms with Crippen LogP contribution in [0.5, 0.6) is 0 Å². The molecule has 1 aliphatic rings. The summed E-state index contributed by atoms with van der Waals surface area (Å²) >= 11 is 0. The molecule has 1 aliphatic carbocycles. The van der Waals surface area contributed by atoms with Crippen LogP contribution in [0.3, 0.4) is 0 Å². The summed E-state index contributed by atoms with van der Waals surface area (Å²) in [5, 5.41) is 0. The lowest BCUT2D eigenvalue weighted by Crippen LogP contribution is -2.35. The van der Waals surface area contributed by atoms with Gasteiger partial charge in [0.2, 0.25) is 0 Å². The predicted octanol–water partition coefficient (Wildman–Crippen LogP) is 11.3. The number of hydrogen-bond acceptors (Lipinski definition) is 2. The van der Waals surface area contributed by atoms with Gasteiger partial charge in [-0.15, -0.1) is 0 Å². The molecule has 6 heteroatoms. The summed E-state index contributed by atoms with van der Waals surface area (Å²) in [4.78, 5) is 7.92. The van der Waals surface area contributed by atoms with Crippen molar-refractivity contribution in [3.8, 4) is 22.6 Å². The van der Waals surface area contributed by atoms with E-state index in [0.29, 0.717) is 18.0 Å². The van der Waals surface area contributed by atoms with E-state index in [1.807, 2.05) is 18.2 Å². The number of imidazole rings is 1. The van der Waals surface area contributed by atoms with Gasteiger partial charge in [0, 0.05) is 30.8 Å². The maximum Gasteiger partial charge on any atom is 0.416 e. The van der Waals surface area contributed by atoms with Crippen molar-refractivity contribution in [2.24, 2.45) is 5.92 Å². The zero-order valence-corrected chi connectivity index (χ0v) is 26.9. The minimum absolute atomic E-state index is 0.0124. The van der Waals surface area contributed by atoms with E-state index in [1.165, 1.54) is 49.9 Å². The molecule has 3 aromatic carbocycles. The number of unbranched alkanes of at least 4 members (excludes halogenated alkanes) is 2. The molecule has 3 nitrogen and oxygen atoms in total. The maximum atomic E-state index is 13.8. The molecule has 45 heavy (non-hydrogen) atoms. The Hall–Kier alpha value is -3.38. The van der Waals surface area contributed by atoms with E-state index in [4.69, 9.17) is 4.98 Å². The average molecular weight is 616 g/mol. The molecule has 1 aromatic heterocycles. The van der Waals surface area contributed by atoms with Gasteiger partial charge in [0.15, 0.2) is 0 Å². The van der Waals surface area contributed by atoms with Crippen molar-refractivity contribution in [3.05, 3.63) is 102 Å². The van der Waals surface area contributed by atoms with Gasteiger partial charge in [0.25, 0.3) is 0 Å². The fraction of sp³-hybridized carbons (Fsp3) is 0.462. The lowest BCUT2D eigenvalue weighted by atomic mass is 9.87. The zero-order valence-electron chi connectivity index (χ0n) is 26.9. The number of halogens is 3. The first kappa shape index (κ1) is 33.0. The third-order valence-electron chi connectivity index (χ3n) is 9.27. The molecule has 0 N–H and O–H groups in total. The van der Waals surface area contributed by atoms with Crippen molar-refractivity contribution >= 4 is 0 Å². The van der Waals surface area contributed by atoms with Gasteiger partial charge in [-0.3, -0.25) is 4.90 Å². The van der Waals surface area contributed by atoms with Crippen LogP contribution < -0.4 is 0 Å². The Morgan fingerprint density at radius 3 is 2.13 bits per heavy atom. The van der Waals surface area contributed by atoms with Gasteiger partial charge in [-0.1, -0.05) is 131 Å². The third kappa shape index (κ3) is 8.46. The number of aromatic nitrogens is 2. The van der Waals surface area contributed by atoms with Crippen molar-refractivity contribution in [1.29, 1.82) is 0 Å². The van der Waals surface area contributed by atoms with Crippen LogP contribution in [0, 0.1) is 5.92 Å². The van der Waals surface area contributed by atoms with E-state index in [2.05, 4.69) is 71.8 Å². The van der Waals surface area contributed by atoms with E-state index in [1.54, 1.807) is 6.07 Å². The lowest BCUT2D eigenvalue weighted by Gasteiger charge is -2.37. The second-order valence-corrected chi connectivity index (χ2v) is 12.7. The van der Waals surface area contributed by atoms with Crippen molar-refractivity contribution in [2.75, 3.05) is 6.54 Å². The largest absolute Gasteiger partial charge is 0.416 e. The van der Waals surface area contributed by atoms with Gasteiger partial charge >= 0.3 is 6.18 Å². The van der Waals surface area contributed by atoms with E-state index in [9.17, 15) is 13.2 Å². The molecule has 0 bridgehead atoms. The van der Waals surface area contributed by atoms with Gasteiger partial charge in [-0.2, -0.15) is 13.2 Å². The number of benzene rings is 3. The highest BCUT2D eigenvalue weighted by Crippen LogP contribution is 2.40. The van der Waals surface area contributed by atoms with Crippen LogP contribution in [0.1, 0.15) is 101 Å². The molecule has 1 saturated carbocycles. The molecule has 240 valence electrons. The van der Waals surface area contributed by atoms with Crippen LogP contribution in [0.25, 0.3) is 22.6 Å². The highest BCUT2D eigenvalue weighted by atomic mass is 19.4. The molecule has 0 unspecified atom stereocenters. The van der Waals surface area contributed by atoms with Gasteiger partial charge in [0.05, 0.1) is 23.0 Å². The first-order chi connectivity index (χ1) is 21.9. The molecule has 1 heterocycles. The summed E-state index contributed by atoms with van der Waals surface area (Å²) < 4.78 is 43.9. The standard InChI is InChI=1S/C39H48F3N3/c1-3-5-25-35(44(28-30-17-10-7-11-18-30)29-31-19-16-24-34(27-31)39(40,41)42)37-36(32-20-12-8-13-21-32)43-38(45(37)26-6-4-2)33-22-14-9-15-23-33/h8-9,12-16,19-24,27,30,35H,3-7,10-11,17-18,25-26,28-29H2,1-2H3/t35-/m0/s1. The van der Waals surface area contributed by atoms with Gasteiger partial charge in [0.1, 0.15) is 5.82 Å². The summed E-state index contributed by atoms with van der Waals surface area (Å²) in [6.07, 6.45) is 6.79. The highest BCUT2D eigenvalue weighted by molar-refractivity contribution is 5.69. The van der Waals surface area contributed by atoms with Crippen LogP contribution in [0.15, 0.2) is 84.9 Å². The molecular formula is C39H48F3N3. The molecule has 0 amide bonds. The van der Waals surface area contributed by atoms with E-state index in [0.717, 1.165) is 67.8 Å². The number of alkyl halides is 3. The monoisotopic (exact) mass is 615 g/mol. The predicted molar refractivity (Wildman–Crippen MR) is 179 cm³/mol. The molecule has 4 aromatic rings.